The smallest absolute Gasteiger partial charge is 0.317 e. The average molecular weight is 1320 g/mol. The number of nitrogens with zero attached hydrogens (tertiary/aromatic N) is 3. The van der Waals surface area contributed by atoms with Gasteiger partial charge in [0.15, 0.2) is 6.10 Å². The molecule has 0 heterocycles. The summed E-state index contributed by atoms with van der Waals surface area (Å²) >= 11 is 1.66. The van der Waals surface area contributed by atoms with E-state index in [1.165, 1.54) is 29.2 Å². The SMILES string of the molecule is Cc1ccc(COc2ccc(OCC(COc3ccc(OCc4cc[c]([Bi])cc4)cc3S(=O)(=O)O)Oc3ccc(CC(CN(CCN(CC(=O)O)CC(=O)O)CC(=O)O)N(CC(=O)O)CC(=O)O)cc3)c(SOOO)c2)cc1. The van der Waals surface area contributed by atoms with Crippen LogP contribution in [0.5, 0.6) is 28.7 Å². The van der Waals surface area contributed by atoms with Crippen molar-refractivity contribution in [3.63, 3.8) is 0 Å². The third kappa shape index (κ3) is 22.4. The van der Waals surface area contributed by atoms with Crippen LogP contribution in [-0.2, 0) is 63.1 Å². The third-order valence-electron chi connectivity index (χ3n) is 11.1. The molecule has 0 saturated heterocycles. The first-order valence-corrected chi connectivity index (χ1v) is 27.3. The monoisotopic (exact) mass is 1320 g/mol. The van der Waals surface area contributed by atoms with Gasteiger partial charge in [0.1, 0.15) is 30.5 Å². The molecule has 24 nitrogen and oxygen atoms in total. The van der Waals surface area contributed by atoms with Crippen LogP contribution < -0.4 is 27.0 Å². The molecule has 78 heavy (non-hydrogen) atoms. The van der Waals surface area contributed by atoms with Gasteiger partial charge in [-0.15, -0.1) is 4.33 Å². The Balaban J connectivity index is 1.42. The summed E-state index contributed by atoms with van der Waals surface area (Å²) in [5.74, 6) is -6.11. The molecule has 0 spiro atoms. The summed E-state index contributed by atoms with van der Waals surface area (Å²) in [6.07, 6.45) is -1.15. The first-order chi connectivity index (χ1) is 37.1. The Labute approximate surface area is 467 Å². The summed E-state index contributed by atoms with van der Waals surface area (Å²) in [6.45, 7) is -2.64. The van der Waals surface area contributed by atoms with Crippen molar-refractivity contribution in [1.82, 2.24) is 14.7 Å². The second-order valence-corrected chi connectivity index (χ2v) is 21.5. The van der Waals surface area contributed by atoms with E-state index in [-0.39, 0.29) is 73.8 Å². The Hall–Kier alpha value is -6.65. The molecular formula is C51H56BiN3O21S2. The fraction of sp³-hybridized carbons (Fsp3) is 0.314. The van der Waals surface area contributed by atoms with Gasteiger partial charge in [-0.2, -0.15) is 0 Å². The molecule has 418 valence electrons. The van der Waals surface area contributed by atoms with Crippen molar-refractivity contribution in [2.24, 2.45) is 0 Å². The molecule has 2 unspecified atom stereocenters. The van der Waals surface area contributed by atoms with Crippen LogP contribution in [0.15, 0.2) is 119 Å². The number of aliphatic carboxylic acids is 5. The number of hydrogen-bond acceptors (Lipinski definition) is 19. The zero-order valence-corrected chi connectivity index (χ0v) is 46.8. The van der Waals surface area contributed by atoms with Gasteiger partial charge in [-0.3, -0.25) is 38.7 Å². The predicted molar refractivity (Wildman–Crippen MR) is 277 cm³/mol. The first-order valence-electron chi connectivity index (χ1n) is 23.4. The number of aryl methyl sites for hydroxylation is 1. The first kappa shape index (κ1) is 62.2. The number of carboxylic acids is 5. The van der Waals surface area contributed by atoms with Crippen LogP contribution in [0.1, 0.15) is 22.3 Å². The second kappa shape index (κ2) is 31.1. The number of ether oxygens (including phenoxy) is 5. The third-order valence-corrected chi connectivity index (χ3v) is 13.8. The maximum atomic E-state index is 12.7. The van der Waals surface area contributed by atoms with E-state index in [9.17, 15) is 62.5 Å². The number of carbonyl (C=O) groups is 5. The predicted octanol–water partition coefficient (Wildman–Crippen LogP) is 3.77. The van der Waals surface area contributed by atoms with Gasteiger partial charge in [-0.1, -0.05) is 47.0 Å². The van der Waals surface area contributed by atoms with Gasteiger partial charge in [0.25, 0.3) is 0 Å². The van der Waals surface area contributed by atoms with Crippen molar-refractivity contribution in [1.29, 1.82) is 0 Å². The zero-order valence-electron chi connectivity index (χ0n) is 41.7. The number of rotatable bonds is 36. The van der Waals surface area contributed by atoms with Crippen molar-refractivity contribution in [3.05, 3.63) is 131 Å². The van der Waals surface area contributed by atoms with E-state index < -0.39 is 96.3 Å². The molecule has 0 aliphatic heterocycles. The summed E-state index contributed by atoms with van der Waals surface area (Å²) < 4.78 is 72.0. The van der Waals surface area contributed by atoms with Gasteiger partial charge >= 0.3 is 168 Å². The van der Waals surface area contributed by atoms with E-state index in [1.54, 1.807) is 30.3 Å². The number of carboxylic acid groups (broad SMARTS) is 5. The van der Waals surface area contributed by atoms with Crippen LogP contribution in [0.2, 0.25) is 0 Å². The van der Waals surface area contributed by atoms with Crippen LogP contribution >= 0.6 is 12.0 Å². The summed E-state index contributed by atoms with van der Waals surface area (Å²) in [4.78, 5) is 62.1. The molecular weight excluding hydrogens is 1260 g/mol. The maximum absolute atomic E-state index is 12.7. The molecule has 5 aromatic rings. The molecule has 5 rings (SSSR count). The fourth-order valence-electron chi connectivity index (χ4n) is 7.55. The molecule has 5 aromatic carbocycles. The minimum atomic E-state index is -4.89. The van der Waals surface area contributed by atoms with Crippen LogP contribution in [0.3, 0.4) is 0 Å². The summed E-state index contributed by atoms with van der Waals surface area (Å²) in [5, 5.41) is 60.9. The van der Waals surface area contributed by atoms with Crippen LogP contribution in [0.25, 0.3) is 0 Å². The Bertz CT molecular complexity index is 2870. The molecule has 7 N–H and O–H groups in total. The van der Waals surface area contributed by atoms with Gasteiger partial charge < -0.3 is 39.7 Å². The normalized spacial score (nSPS) is 12.2. The number of hydrogen-bond donors (Lipinski definition) is 7. The van der Waals surface area contributed by atoms with Crippen molar-refractivity contribution >= 4 is 80.0 Å². The molecule has 2 radical (unpaired) electrons. The van der Waals surface area contributed by atoms with Gasteiger partial charge in [-0.05, 0) is 54.8 Å². The van der Waals surface area contributed by atoms with E-state index in [0.717, 1.165) is 60.5 Å². The summed E-state index contributed by atoms with van der Waals surface area (Å²) in [5.41, 5.74) is 3.29. The maximum Gasteiger partial charge on any atom is 0.317 e. The van der Waals surface area contributed by atoms with Crippen molar-refractivity contribution in [3.8, 4) is 28.7 Å². The van der Waals surface area contributed by atoms with E-state index in [1.807, 2.05) is 55.5 Å². The van der Waals surface area contributed by atoms with Gasteiger partial charge in [0, 0.05) is 25.7 Å². The molecule has 0 amide bonds. The standard InChI is InChI=1S/C51H56N3O21S2.Bi/c1-34-7-9-37(10-8-34)31-69-40-15-17-43(45(22-40)76-75-74-65)71-32-42(33-72-44-18-16-41(23-46(44)77(66,67)68)70-30-36-5-3-2-4-6-36)73-39-13-11-35(12-14-39)21-38(54(28-50(61)62)29-51(63)64)24-52(25-47(55)56)19-20-53(26-48(57)58)27-49(59)60;/h3-18,22-23,38,42,65H,19-21,24-33H2,1H3,(H,55,56)(H,57,58)(H,59,60)(H,61,62)(H,63,64)(H,66,67,68);. The van der Waals surface area contributed by atoms with Crippen molar-refractivity contribution in [2.45, 2.75) is 48.5 Å². The van der Waals surface area contributed by atoms with Crippen LogP contribution in [0, 0.1) is 6.92 Å². The van der Waals surface area contributed by atoms with Crippen molar-refractivity contribution in [2.75, 3.05) is 65.6 Å². The topological polar surface area (TPSA) is 335 Å². The molecule has 0 fully saturated rings. The van der Waals surface area contributed by atoms with E-state index in [0.29, 0.717) is 23.4 Å². The average Bonchev–Trinajstić information content (AvgIpc) is 3.37. The number of benzene rings is 5. The Morgan fingerprint density at radius 1 is 0.590 bits per heavy atom. The largest absolute Gasteiger partial charge is 0.483 e. The zero-order chi connectivity index (χ0) is 56.8. The molecule has 27 heteroatoms. The molecule has 0 saturated carbocycles. The molecule has 0 aromatic heterocycles. The second-order valence-electron chi connectivity index (χ2n) is 17.3. The van der Waals surface area contributed by atoms with E-state index in [4.69, 9.17) is 33.3 Å². The molecule has 0 aliphatic carbocycles. The van der Waals surface area contributed by atoms with Crippen LogP contribution in [0.4, 0.5) is 0 Å². The van der Waals surface area contributed by atoms with Gasteiger partial charge in [0.2, 0.25) is 0 Å². The Kier molecular flexibility index (Phi) is 24.8. The minimum absolute atomic E-state index is 0.0599. The minimum Gasteiger partial charge on any atom is -0.483 e. The molecule has 0 bridgehead atoms. The fourth-order valence-corrected chi connectivity index (χ4v) is 9.25. The summed E-state index contributed by atoms with van der Waals surface area (Å²) in [7, 11) is -4.89. The van der Waals surface area contributed by atoms with E-state index >= 15 is 0 Å². The molecule has 2 atom stereocenters. The Morgan fingerprint density at radius 3 is 1.60 bits per heavy atom. The van der Waals surface area contributed by atoms with Gasteiger partial charge in [0.05, 0.1) is 49.7 Å². The summed E-state index contributed by atoms with van der Waals surface area (Å²) in [6, 6.07) is 29.2. The van der Waals surface area contributed by atoms with Gasteiger partial charge in [-0.25, -0.2) is 5.26 Å². The quantitative estimate of drug-likeness (QED) is 0.00986. The van der Waals surface area contributed by atoms with Crippen LogP contribution in [-0.4, -0.2) is 191 Å². The van der Waals surface area contributed by atoms with Crippen molar-refractivity contribution < 1.29 is 101 Å². The molecule has 0 aliphatic rings. The van der Waals surface area contributed by atoms with E-state index in [2.05, 4.69) is 5.04 Å². The Morgan fingerprint density at radius 2 is 1.06 bits per heavy atom.